The van der Waals surface area contributed by atoms with Crippen LogP contribution in [-0.4, -0.2) is 38.4 Å². The van der Waals surface area contributed by atoms with Crippen LogP contribution >= 0.6 is 15.9 Å². The Hall–Kier alpha value is -0.570. The van der Waals surface area contributed by atoms with E-state index in [0.29, 0.717) is 32.1 Å². The number of nitrogens with one attached hydrogen (secondary N) is 1. The highest BCUT2D eigenvalue weighted by Crippen LogP contribution is 2.30. The molecular formula is C12H15BrF2N2O2S. The fourth-order valence-corrected chi connectivity index (χ4v) is 4.92. The maximum atomic E-state index is 13.9. The van der Waals surface area contributed by atoms with Gasteiger partial charge in [0.2, 0.25) is 10.0 Å². The predicted molar refractivity (Wildman–Crippen MR) is 74.9 cm³/mol. The standard InChI is InChI=1S/C12H15BrF2N2O2S/c1-2-3-17(9-6-16-7-9)20(18,19)12-10(13)4-8(14)5-11(12)15/h4-5,9,16H,2-3,6-7H2,1H3. The van der Waals surface area contributed by atoms with E-state index in [1.165, 1.54) is 4.31 Å². The second kappa shape index (κ2) is 6.05. The normalized spacial score (nSPS) is 16.4. The second-order valence-electron chi connectivity index (χ2n) is 4.63. The zero-order valence-corrected chi connectivity index (χ0v) is 13.3. The van der Waals surface area contributed by atoms with Gasteiger partial charge in [-0.15, -0.1) is 0 Å². The molecule has 0 unspecified atom stereocenters. The molecule has 1 aromatic rings. The van der Waals surface area contributed by atoms with Crippen molar-refractivity contribution in [3.63, 3.8) is 0 Å². The Labute approximate surface area is 125 Å². The lowest BCUT2D eigenvalue weighted by atomic mass is 10.2. The van der Waals surface area contributed by atoms with E-state index in [1.807, 2.05) is 6.92 Å². The number of benzene rings is 1. The zero-order valence-electron chi connectivity index (χ0n) is 10.9. The van der Waals surface area contributed by atoms with E-state index in [4.69, 9.17) is 0 Å². The molecule has 0 aliphatic carbocycles. The first kappa shape index (κ1) is 15.8. The topological polar surface area (TPSA) is 49.4 Å². The van der Waals surface area contributed by atoms with Crippen molar-refractivity contribution in [2.75, 3.05) is 19.6 Å². The van der Waals surface area contributed by atoms with Gasteiger partial charge in [0.1, 0.15) is 16.5 Å². The molecule has 1 aromatic carbocycles. The quantitative estimate of drug-likeness (QED) is 0.865. The SMILES string of the molecule is CCCN(C1CNC1)S(=O)(=O)c1c(F)cc(F)cc1Br. The van der Waals surface area contributed by atoms with Crippen LogP contribution in [0.5, 0.6) is 0 Å². The summed E-state index contributed by atoms with van der Waals surface area (Å²) in [5.74, 6) is -1.90. The van der Waals surface area contributed by atoms with Crippen LogP contribution in [0.2, 0.25) is 0 Å². The molecule has 0 aromatic heterocycles. The summed E-state index contributed by atoms with van der Waals surface area (Å²) < 4.78 is 53.4. The van der Waals surface area contributed by atoms with Crippen LogP contribution in [0.3, 0.4) is 0 Å². The summed E-state index contributed by atoms with van der Waals surface area (Å²) in [6.45, 7) is 3.24. The smallest absolute Gasteiger partial charge is 0.247 e. The highest BCUT2D eigenvalue weighted by atomic mass is 79.9. The minimum absolute atomic E-state index is 0.0941. The van der Waals surface area contributed by atoms with Crippen molar-refractivity contribution in [2.24, 2.45) is 0 Å². The average Bonchev–Trinajstić information content (AvgIpc) is 2.23. The van der Waals surface area contributed by atoms with Crippen LogP contribution < -0.4 is 5.32 Å². The number of sulfonamides is 1. The van der Waals surface area contributed by atoms with Gasteiger partial charge in [0.25, 0.3) is 0 Å². The molecule has 0 atom stereocenters. The third-order valence-corrected chi connectivity index (χ3v) is 6.06. The van der Waals surface area contributed by atoms with E-state index < -0.39 is 26.6 Å². The summed E-state index contributed by atoms with van der Waals surface area (Å²) in [7, 11) is -4.00. The Morgan fingerprint density at radius 1 is 1.40 bits per heavy atom. The largest absolute Gasteiger partial charge is 0.313 e. The molecule has 0 spiro atoms. The third-order valence-electron chi connectivity index (χ3n) is 3.14. The van der Waals surface area contributed by atoms with Gasteiger partial charge >= 0.3 is 0 Å². The van der Waals surface area contributed by atoms with E-state index in [1.54, 1.807) is 0 Å². The number of rotatable bonds is 5. The molecule has 1 N–H and O–H groups in total. The molecule has 20 heavy (non-hydrogen) atoms. The van der Waals surface area contributed by atoms with Crippen LogP contribution in [0.25, 0.3) is 0 Å². The van der Waals surface area contributed by atoms with Crippen molar-refractivity contribution in [3.8, 4) is 0 Å². The van der Waals surface area contributed by atoms with Gasteiger partial charge in [-0.1, -0.05) is 6.92 Å². The lowest BCUT2D eigenvalue weighted by Gasteiger charge is -2.37. The van der Waals surface area contributed by atoms with E-state index in [9.17, 15) is 17.2 Å². The molecule has 1 saturated heterocycles. The molecular weight excluding hydrogens is 354 g/mol. The first-order valence-corrected chi connectivity index (χ1v) is 8.48. The molecule has 0 radical (unpaired) electrons. The Morgan fingerprint density at radius 2 is 2.05 bits per heavy atom. The first-order valence-electron chi connectivity index (χ1n) is 6.25. The molecule has 8 heteroatoms. The number of hydrogen-bond donors (Lipinski definition) is 1. The van der Waals surface area contributed by atoms with Crippen LogP contribution in [0.15, 0.2) is 21.5 Å². The Balaban J connectivity index is 2.47. The van der Waals surface area contributed by atoms with E-state index in [-0.39, 0.29) is 10.5 Å². The summed E-state index contributed by atoms with van der Waals surface area (Å²) in [6.07, 6.45) is 0.621. The molecule has 112 valence electrons. The van der Waals surface area contributed by atoms with E-state index in [0.717, 1.165) is 6.07 Å². The highest BCUT2D eigenvalue weighted by Gasteiger charge is 2.37. The summed E-state index contributed by atoms with van der Waals surface area (Å²) in [6, 6.07) is 1.36. The molecule has 0 saturated carbocycles. The molecule has 0 bridgehead atoms. The predicted octanol–water partition coefficient (Wildman–Crippen LogP) is 2.10. The third kappa shape index (κ3) is 2.88. The van der Waals surface area contributed by atoms with Crippen molar-refractivity contribution in [1.82, 2.24) is 9.62 Å². The average molecular weight is 369 g/mol. The zero-order chi connectivity index (χ0) is 14.9. The van der Waals surface area contributed by atoms with Crippen LogP contribution in [0, 0.1) is 11.6 Å². The first-order chi connectivity index (χ1) is 9.37. The summed E-state index contributed by atoms with van der Waals surface area (Å²) in [4.78, 5) is -0.501. The molecule has 0 amide bonds. The summed E-state index contributed by atoms with van der Waals surface area (Å²) in [5.41, 5.74) is 0. The lowest BCUT2D eigenvalue weighted by Crippen LogP contribution is -2.59. The fourth-order valence-electron chi connectivity index (χ4n) is 2.09. The molecule has 1 aliphatic heterocycles. The highest BCUT2D eigenvalue weighted by molar-refractivity contribution is 9.10. The number of halogens is 3. The van der Waals surface area contributed by atoms with Crippen molar-refractivity contribution >= 4 is 26.0 Å². The van der Waals surface area contributed by atoms with Gasteiger partial charge in [0, 0.05) is 30.2 Å². The van der Waals surface area contributed by atoms with Gasteiger partial charge in [0.05, 0.1) is 6.04 Å². The minimum atomic E-state index is -4.00. The molecule has 1 aliphatic rings. The van der Waals surface area contributed by atoms with E-state index in [2.05, 4.69) is 21.2 Å². The van der Waals surface area contributed by atoms with Crippen molar-refractivity contribution in [2.45, 2.75) is 24.3 Å². The van der Waals surface area contributed by atoms with Crippen molar-refractivity contribution in [1.29, 1.82) is 0 Å². The molecule has 1 fully saturated rings. The Bertz CT molecular complexity index is 582. The lowest BCUT2D eigenvalue weighted by molar-refractivity contribution is 0.241. The van der Waals surface area contributed by atoms with Crippen molar-refractivity contribution in [3.05, 3.63) is 28.2 Å². The van der Waals surface area contributed by atoms with Gasteiger partial charge in [-0.25, -0.2) is 17.2 Å². The van der Waals surface area contributed by atoms with Crippen LogP contribution in [0.4, 0.5) is 8.78 Å². The molecule has 4 nitrogen and oxygen atoms in total. The summed E-state index contributed by atoms with van der Waals surface area (Å²) in [5, 5.41) is 2.99. The van der Waals surface area contributed by atoms with Gasteiger partial charge in [0.15, 0.2) is 0 Å². The van der Waals surface area contributed by atoms with Crippen molar-refractivity contribution < 1.29 is 17.2 Å². The van der Waals surface area contributed by atoms with E-state index >= 15 is 0 Å². The maximum absolute atomic E-state index is 13.9. The monoisotopic (exact) mass is 368 g/mol. The molecule has 1 heterocycles. The van der Waals surface area contributed by atoms with Gasteiger partial charge in [-0.2, -0.15) is 4.31 Å². The Morgan fingerprint density at radius 3 is 2.50 bits per heavy atom. The summed E-state index contributed by atoms with van der Waals surface area (Å²) >= 11 is 2.94. The number of nitrogens with zero attached hydrogens (tertiary/aromatic N) is 1. The van der Waals surface area contributed by atoms with Gasteiger partial charge in [-0.05, 0) is 28.4 Å². The van der Waals surface area contributed by atoms with Crippen LogP contribution in [-0.2, 0) is 10.0 Å². The molecule has 2 rings (SSSR count). The minimum Gasteiger partial charge on any atom is -0.313 e. The number of hydrogen-bond acceptors (Lipinski definition) is 3. The van der Waals surface area contributed by atoms with Crippen LogP contribution in [0.1, 0.15) is 13.3 Å². The fraction of sp³-hybridized carbons (Fsp3) is 0.500. The maximum Gasteiger partial charge on any atom is 0.247 e. The second-order valence-corrected chi connectivity index (χ2v) is 7.31. The van der Waals surface area contributed by atoms with Gasteiger partial charge in [-0.3, -0.25) is 0 Å². The Kier molecular flexibility index (Phi) is 4.78. The van der Waals surface area contributed by atoms with Gasteiger partial charge < -0.3 is 5.32 Å².